The van der Waals surface area contributed by atoms with Crippen LogP contribution in [0.3, 0.4) is 0 Å². The van der Waals surface area contributed by atoms with Crippen LogP contribution in [0.2, 0.25) is 0 Å². The number of benzene rings is 7. The van der Waals surface area contributed by atoms with Crippen molar-refractivity contribution in [2.45, 2.75) is 111 Å². The van der Waals surface area contributed by atoms with E-state index in [0.29, 0.717) is 28.0 Å². The Kier molecular flexibility index (Phi) is 14.9. The third-order valence-electron chi connectivity index (χ3n) is 14.6. The van der Waals surface area contributed by atoms with Crippen molar-refractivity contribution in [3.63, 3.8) is 0 Å². The normalized spacial score (nSPS) is 12.4. The number of nitrogens with zero attached hydrogens (tertiary/aromatic N) is 5. The van der Waals surface area contributed by atoms with Gasteiger partial charge in [0.05, 0.1) is 22.3 Å². The molecule has 3 heterocycles. The number of imidazole rings is 1. The summed E-state index contributed by atoms with van der Waals surface area (Å²) in [6, 6.07) is 56.0. The number of hydrogen-bond donors (Lipinski definition) is 1. The van der Waals surface area contributed by atoms with Gasteiger partial charge in [0, 0.05) is 62.0 Å². The molecule has 0 saturated heterocycles. The van der Waals surface area contributed by atoms with Crippen molar-refractivity contribution in [1.82, 2.24) is 24.5 Å². The van der Waals surface area contributed by atoms with Crippen molar-refractivity contribution in [2.24, 2.45) is 0 Å². The Balaban J connectivity index is 0.00000757. The molecule has 0 radical (unpaired) electrons. The van der Waals surface area contributed by atoms with E-state index in [9.17, 15) is 18.3 Å². The van der Waals surface area contributed by atoms with Gasteiger partial charge in [0.1, 0.15) is 11.6 Å². The van der Waals surface area contributed by atoms with Gasteiger partial charge in [-0.3, -0.25) is 9.55 Å². The van der Waals surface area contributed by atoms with Crippen LogP contribution in [0, 0.1) is 6.07 Å². The second-order valence-electron chi connectivity index (χ2n) is 24.5. The number of aromatic nitrogens is 5. The molecule has 10 heteroatoms. The summed E-state index contributed by atoms with van der Waals surface area (Å²) in [5.74, 6) is -0.405. The van der Waals surface area contributed by atoms with E-state index in [1.165, 1.54) is 18.0 Å². The Bertz CT molecular complexity index is 3880. The van der Waals surface area contributed by atoms with Crippen molar-refractivity contribution in [3.05, 3.63) is 204 Å². The minimum atomic E-state index is -4.66. The van der Waals surface area contributed by atoms with Crippen molar-refractivity contribution >= 4 is 11.0 Å². The van der Waals surface area contributed by atoms with Crippen LogP contribution in [0.15, 0.2) is 170 Å². The molecule has 0 atom stereocenters. The predicted molar refractivity (Wildman–Crippen MR) is 313 cm³/mol. The molecule has 6 nitrogen and oxygen atoms in total. The molecule has 0 fully saturated rings. The van der Waals surface area contributed by atoms with Crippen LogP contribution in [0.1, 0.15) is 111 Å². The fraction of sp³-hybridized carbons (Fsp3) is 0.246. The molecule has 0 unspecified atom stereocenters. The van der Waals surface area contributed by atoms with Gasteiger partial charge in [-0.15, -0.1) is 23.8 Å². The van der Waals surface area contributed by atoms with Gasteiger partial charge >= 0.3 is 6.18 Å². The third kappa shape index (κ3) is 11.4. The van der Waals surface area contributed by atoms with Gasteiger partial charge in [-0.1, -0.05) is 203 Å². The molecule has 0 aliphatic heterocycles. The summed E-state index contributed by atoms with van der Waals surface area (Å²) in [6.07, 6.45) is -0.367. The molecular weight excluding hydrogens is 1170 g/mol. The van der Waals surface area contributed by atoms with E-state index in [4.69, 9.17) is 9.97 Å². The first-order valence-electron chi connectivity index (χ1n) is 26.5. The Morgan fingerprint density at radius 3 is 1.68 bits per heavy atom. The van der Waals surface area contributed by atoms with Gasteiger partial charge in [0.25, 0.3) is 0 Å². The summed E-state index contributed by atoms with van der Waals surface area (Å²) in [6.45, 7) is 26.0. The molecule has 0 saturated carbocycles. The Morgan fingerprint density at radius 1 is 0.456 bits per heavy atom. The molecular formula is C69H65F3N5OPt-. The van der Waals surface area contributed by atoms with Crippen molar-refractivity contribution in [3.8, 4) is 89.7 Å². The molecule has 10 aromatic rings. The van der Waals surface area contributed by atoms with E-state index in [-0.39, 0.29) is 37.6 Å². The molecule has 404 valence electrons. The first-order valence-corrected chi connectivity index (χ1v) is 26.5. The van der Waals surface area contributed by atoms with Crippen LogP contribution in [0.25, 0.3) is 95.0 Å². The standard InChI is InChI=1S/C69H65F3N5O.Pt/c1-65(2,3)50-27-29-59(54(37-50)43-22-17-14-18-23-43)77-60-25-19-24-53(61(60)76-63(77)55-38-51(66(4,5)6)39-57(62(55)78)68(10,11)12)47-32-46(33-48(34-47)58-36-45(30-31-73-58)42-20-15-13-16-21-42)52-28-26-44(35-56(52)67(7,8)9)49-40-74-64(75-41-49)69(70,71)72;/h13-33,35-41,78H,1-12H3;/q-1;. The minimum absolute atomic E-state index is 0. The van der Waals surface area contributed by atoms with Gasteiger partial charge in [0.15, 0.2) is 0 Å². The summed E-state index contributed by atoms with van der Waals surface area (Å²) in [7, 11) is 0. The third-order valence-corrected chi connectivity index (χ3v) is 14.6. The van der Waals surface area contributed by atoms with Gasteiger partial charge in [-0.2, -0.15) is 13.2 Å². The Hall–Kier alpha value is -7.48. The van der Waals surface area contributed by atoms with Crippen molar-refractivity contribution in [1.29, 1.82) is 0 Å². The molecule has 7 aromatic carbocycles. The minimum Gasteiger partial charge on any atom is -0.507 e. The first-order chi connectivity index (χ1) is 36.7. The summed E-state index contributed by atoms with van der Waals surface area (Å²) in [4.78, 5) is 18.1. The Labute approximate surface area is 477 Å². The van der Waals surface area contributed by atoms with Crippen LogP contribution in [0.4, 0.5) is 13.2 Å². The summed E-state index contributed by atoms with van der Waals surface area (Å²) in [5, 5.41) is 12.7. The number of alkyl halides is 3. The maximum Gasteiger partial charge on any atom is 0.451 e. The average molecular weight is 1230 g/mol. The average Bonchev–Trinajstić information content (AvgIpc) is 4.01. The topological polar surface area (TPSA) is 76.7 Å². The van der Waals surface area contributed by atoms with Crippen molar-refractivity contribution in [2.75, 3.05) is 0 Å². The number of rotatable bonds is 8. The number of phenolic OH excluding ortho intramolecular Hbond substituents is 1. The van der Waals surface area contributed by atoms with Crippen LogP contribution >= 0.6 is 0 Å². The smallest absolute Gasteiger partial charge is 0.451 e. The molecule has 0 spiro atoms. The van der Waals surface area contributed by atoms with Crippen LogP contribution in [-0.4, -0.2) is 29.6 Å². The van der Waals surface area contributed by atoms with E-state index in [1.807, 2.05) is 54.7 Å². The van der Waals surface area contributed by atoms with E-state index >= 15 is 0 Å². The maximum atomic E-state index is 13.6. The molecule has 0 amide bonds. The maximum absolute atomic E-state index is 13.6. The van der Waals surface area contributed by atoms with Gasteiger partial charge < -0.3 is 5.11 Å². The summed E-state index contributed by atoms with van der Waals surface area (Å²) < 4.78 is 42.9. The molecule has 1 N–H and O–H groups in total. The molecule has 79 heavy (non-hydrogen) atoms. The number of halogens is 3. The van der Waals surface area contributed by atoms with Crippen LogP contribution < -0.4 is 0 Å². The molecule has 10 rings (SSSR count). The number of pyridine rings is 1. The monoisotopic (exact) mass is 1230 g/mol. The van der Waals surface area contributed by atoms with Gasteiger partial charge in [-0.05, 0) is 103 Å². The summed E-state index contributed by atoms with van der Waals surface area (Å²) >= 11 is 0. The first kappa shape index (κ1) is 56.2. The van der Waals surface area contributed by atoms with E-state index in [0.717, 1.165) is 83.7 Å². The zero-order valence-corrected chi connectivity index (χ0v) is 49.1. The summed E-state index contributed by atoms with van der Waals surface area (Å²) in [5.41, 5.74) is 16.1. The quantitative estimate of drug-likeness (QED) is 0.153. The van der Waals surface area contributed by atoms with Crippen molar-refractivity contribution < 1.29 is 39.3 Å². The predicted octanol–water partition coefficient (Wildman–Crippen LogP) is 18.6. The molecule has 0 aliphatic rings. The number of hydrogen-bond acceptors (Lipinski definition) is 5. The zero-order chi connectivity index (χ0) is 55.7. The molecule has 0 aliphatic carbocycles. The zero-order valence-electron chi connectivity index (χ0n) is 46.8. The SMILES string of the molecule is CC(C)(C)c1ccc(-n2c(-c3cc(C(C)(C)C)cc(C(C)(C)C)c3O)nc3c(-c4[c-]c(-c5cc(-c6ccccc6)ccn5)cc(-c5ccc(-c6cnc(C(F)(F)F)nc6)cc5C(C)(C)C)c4)cccc32)c(-c2ccccc2)c1.[Pt]. The second kappa shape index (κ2) is 21.0. The number of fused-ring (bicyclic) bond motifs is 1. The fourth-order valence-corrected chi connectivity index (χ4v) is 10.2. The van der Waals surface area contributed by atoms with E-state index in [1.54, 1.807) is 0 Å². The van der Waals surface area contributed by atoms with Gasteiger partial charge in [0.2, 0.25) is 5.82 Å². The molecule has 0 bridgehead atoms. The fourth-order valence-electron chi connectivity index (χ4n) is 10.2. The van der Waals surface area contributed by atoms with Crippen LogP contribution in [-0.2, 0) is 48.9 Å². The number of phenols is 1. The second-order valence-corrected chi connectivity index (χ2v) is 24.5. The Morgan fingerprint density at radius 2 is 1.06 bits per heavy atom. The molecule has 3 aromatic heterocycles. The largest absolute Gasteiger partial charge is 0.507 e. The van der Waals surface area contributed by atoms with Crippen LogP contribution in [0.5, 0.6) is 5.75 Å². The number of para-hydroxylation sites is 1. The van der Waals surface area contributed by atoms with Gasteiger partial charge in [-0.25, -0.2) is 15.0 Å². The van der Waals surface area contributed by atoms with E-state index in [2.05, 4.69) is 207 Å². The number of aromatic hydroxyl groups is 1. The van der Waals surface area contributed by atoms with E-state index < -0.39 is 22.8 Å².